The van der Waals surface area contributed by atoms with Crippen molar-refractivity contribution in [2.75, 3.05) is 13.1 Å². The predicted molar refractivity (Wildman–Crippen MR) is 145 cm³/mol. The second kappa shape index (κ2) is 17.1. The highest BCUT2D eigenvalue weighted by molar-refractivity contribution is 5.83. The van der Waals surface area contributed by atoms with Crippen molar-refractivity contribution >= 4 is 23.6 Å². The molecule has 0 unspecified atom stereocenters. The summed E-state index contributed by atoms with van der Waals surface area (Å²) in [5, 5.41) is 2.32. The summed E-state index contributed by atoms with van der Waals surface area (Å²) in [5.41, 5.74) is 4.27. The largest absolute Gasteiger partial charge is 0.459 e. The molecule has 0 aliphatic heterocycles. The van der Waals surface area contributed by atoms with Gasteiger partial charge in [0.15, 0.2) is 0 Å². The normalized spacial score (nSPS) is 10.7. The zero-order valence-electron chi connectivity index (χ0n) is 24.3. The zero-order valence-corrected chi connectivity index (χ0v) is 24.3. The third kappa shape index (κ3) is 19.0. The van der Waals surface area contributed by atoms with Crippen LogP contribution in [-0.2, 0) is 41.5 Å². The van der Waals surface area contributed by atoms with E-state index in [-0.39, 0.29) is 48.8 Å². The molecule has 0 aliphatic rings. The topological polar surface area (TPSA) is 125 Å². The van der Waals surface area contributed by atoms with E-state index in [9.17, 15) is 36.7 Å². The van der Waals surface area contributed by atoms with Crippen molar-refractivity contribution in [2.45, 2.75) is 72.5 Å². The number of halogens is 4. The van der Waals surface area contributed by atoms with Crippen molar-refractivity contribution in [3.63, 3.8) is 0 Å². The molecule has 0 radical (unpaired) electrons. The summed E-state index contributed by atoms with van der Waals surface area (Å²) in [6.07, 6.45) is -0.249. The van der Waals surface area contributed by atoms with Gasteiger partial charge in [0.1, 0.15) is 46.8 Å². The molecule has 3 N–H and O–H groups in total. The molecule has 0 fully saturated rings. The number of nitrogens with two attached hydrogens (primary N) is 1. The first-order chi connectivity index (χ1) is 18.7. The van der Waals surface area contributed by atoms with E-state index in [1.54, 1.807) is 41.5 Å². The number of ketones is 1. The molecule has 0 heterocycles. The number of rotatable bonds is 7. The molecule has 0 spiro atoms. The number of hydrogen-bond acceptors (Lipinski definition) is 7. The molecule has 0 saturated heterocycles. The number of amides is 1. The Bertz CT molecular complexity index is 1190. The Labute approximate surface area is 237 Å². The smallest absolute Gasteiger partial charge is 0.325 e. The molecule has 0 bridgehead atoms. The SMILES string of the molecule is CC(=O)Cc1ccc(F)cc1F.CC(C)(C)OC(=O)CN.CC(C)(C)OC(=O)CNC(=O)Cc1ccc(F)cc1F. The van der Waals surface area contributed by atoms with Gasteiger partial charge in [0.05, 0.1) is 13.0 Å². The number of hydrogen-bond donors (Lipinski definition) is 2. The molecule has 2 rings (SSSR count). The molecule has 2 aromatic rings. The lowest BCUT2D eigenvalue weighted by molar-refractivity contribution is -0.154. The summed E-state index contributed by atoms with van der Waals surface area (Å²) in [4.78, 5) is 44.0. The Balaban J connectivity index is 0.000000646. The van der Waals surface area contributed by atoms with Crippen LogP contribution in [-0.4, -0.2) is 47.9 Å². The standard InChI is InChI=1S/C14H17F2NO3.C9H8F2O.C6H13NO2/c1-14(2,3)20-13(19)8-17-12(18)6-9-4-5-10(15)7-11(9)16;1-6(12)4-7-2-3-8(10)5-9(7)11;1-6(2,3)9-5(8)4-7/h4-5,7H,6,8H2,1-3H3,(H,17,18);2-3,5H,4H2,1H3;4,7H2,1-3H3. The molecule has 2 aromatic carbocycles. The molecule has 0 aromatic heterocycles. The van der Waals surface area contributed by atoms with Gasteiger partial charge in [0.25, 0.3) is 0 Å². The van der Waals surface area contributed by atoms with Crippen LogP contribution in [0.1, 0.15) is 59.6 Å². The first-order valence-electron chi connectivity index (χ1n) is 12.5. The number of benzene rings is 2. The van der Waals surface area contributed by atoms with E-state index in [1.165, 1.54) is 19.1 Å². The zero-order chi connectivity index (χ0) is 32.0. The van der Waals surface area contributed by atoms with E-state index in [0.29, 0.717) is 6.07 Å². The average molecular weight is 587 g/mol. The average Bonchev–Trinajstić information content (AvgIpc) is 2.80. The van der Waals surface area contributed by atoms with Crippen LogP contribution in [0.2, 0.25) is 0 Å². The maximum atomic E-state index is 13.3. The van der Waals surface area contributed by atoms with E-state index in [4.69, 9.17) is 15.2 Å². The molecule has 41 heavy (non-hydrogen) atoms. The Morgan fingerprint density at radius 3 is 1.49 bits per heavy atom. The molecule has 0 aliphatic carbocycles. The second-order valence-corrected chi connectivity index (χ2v) is 10.7. The number of nitrogens with one attached hydrogen (secondary N) is 1. The van der Waals surface area contributed by atoms with Gasteiger partial charge >= 0.3 is 11.9 Å². The van der Waals surface area contributed by atoms with E-state index in [0.717, 1.165) is 18.2 Å². The monoisotopic (exact) mass is 586 g/mol. The van der Waals surface area contributed by atoms with Crippen LogP contribution in [0.25, 0.3) is 0 Å². The van der Waals surface area contributed by atoms with Gasteiger partial charge in [0, 0.05) is 18.6 Å². The highest BCUT2D eigenvalue weighted by Gasteiger charge is 2.17. The quantitative estimate of drug-likeness (QED) is 0.365. The highest BCUT2D eigenvalue weighted by Crippen LogP contribution is 2.11. The van der Waals surface area contributed by atoms with Crippen molar-refractivity contribution in [1.82, 2.24) is 5.32 Å². The maximum Gasteiger partial charge on any atom is 0.325 e. The molecule has 8 nitrogen and oxygen atoms in total. The highest BCUT2D eigenvalue weighted by atomic mass is 19.1. The maximum absolute atomic E-state index is 13.3. The van der Waals surface area contributed by atoms with Gasteiger partial charge in [-0.2, -0.15) is 0 Å². The molecule has 228 valence electrons. The van der Waals surface area contributed by atoms with Crippen molar-refractivity contribution in [3.8, 4) is 0 Å². The van der Waals surface area contributed by atoms with Gasteiger partial charge in [0.2, 0.25) is 5.91 Å². The van der Waals surface area contributed by atoms with Crippen LogP contribution >= 0.6 is 0 Å². The minimum atomic E-state index is -0.794. The Hall–Kier alpha value is -3.80. The third-order valence-corrected chi connectivity index (χ3v) is 4.26. The van der Waals surface area contributed by atoms with Crippen LogP contribution in [0, 0.1) is 23.3 Å². The van der Waals surface area contributed by atoms with Gasteiger partial charge in [-0.15, -0.1) is 0 Å². The predicted octanol–water partition coefficient (Wildman–Crippen LogP) is 4.35. The van der Waals surface area contributed by atoms with Gasteiger partial charge in [-0.25, -0.2) is 17.6 Å². The molecule has 0 atom stereocenters. The van der Waals surface area contributed by atoms with Crippen LogP contribution in [0.15, 0.2) is 36.4 Å². The number of carbonyl (C=O) groups is 4. The van der Waals surface area contributed by atoms with Crippen LogP contribution < -0.4 is 11.1 Å². The minimum Gasteiger partial charge on any atom is -0.459 e. The Kier molecular flexibility index (Phi) is 15.5. The fraction of sp³-hybridized carbons (Fsp3) is 0.448. The van der Waals surface area contributed by atoms with E-state index in [1.807, 2.05) is 0 Å². The van der Waals surface area contributed by atoms with E-state index < -0.39 is 46.3 Å². The molecular formula is C29H38F4N2O6. The first kappa shape index (κ1) is 37.2. The number of Topliss-reactive ketones (excluding diaryl/α,β-unsaturated/α-hetero) is 1. The molecular weight excluding hydrogens is 548 g/mol. The van der Waals surface area contributed by atoms with Crippen LogP contribution in [0.5, 0.6) is 0 Å². The summed E-state index contributed by atoms with van der Waals surface area (Å²) in [5.74, 6) is -4.40. The van der Waals surface area contributed by atoms with Crippen molar-refractivity contribution in [2.24, 2.45) is 5.73 Å². The Morgan fingerprint density at radius 2 is 1.15 bits per heavy atom. The minimum absolute atomic E-state index is 0.0200. The number of esters is 2. The van der Waals surface area contributed by atoms with Gasteiger partial charge < -0.3 is 20.5 Å². The lowest BCUT2D eigenvalue weighted by atomic mass is 10.1. The second-order valence-electron chi connectivity index (χ2n) is 10.7. The van der Waals surface area contributed by atoms with Gasteiger partial charge in [-0.1, -0.05) is 12.1 Å². The fourth-order valence-electron chi connectivity index (χ4n) is 2.77. The molecule has 1 amide bonds. The van der Waals surface area contributed by atoms with Crippen LogP contribution in [0.4, 0.5) is 17.6 Å². The lowest BCUT2D eigenvalue weighted by Crippen LogP contribution is -2.35. The molecule has 0 saturated carbocycles. The summed E-state index contributed by atoms with van der Waals surface area (Å²) in [6.45, 7) is 11.6. The van der Waals surface area contributed by atoms with Crippen molar-refractivity contribution in [1.29, 1.82) is 0 Å². The van der Waals surface area contributed by atoms with Crippen LogP contribution in [0.3, 0.4) is 0 Å². The third-order valence-electron chi connectivity index (χ3n) is 4.26. The number of carbonyl (C=O) groups excluding carboxylic acids is 4. The summed E-state index contributed by atoms with van der Waals surface area (Å²) >= 11 is 0. The summed E-state index contributed by atoms with van der Waals surface area (Å²) in [6, 6.07) is 6.17. The lowest BCUT2D eigenvalue weighted by Gasteiger charge is -2.19. The van der Waals surface area contributed by atoms with Crippen molar-refractivity contribution in [3.05, 3.63) is 70.8 Å². The van der Waals surface area contributed by atoms with E-state index >= 15 is 0 Å². The Morgan fingerprint density at radius 1 is 0.732 bits per heavy atom. The fourth-order valence-corrected chi connectivity index (χ4v) is 2.77. The van der Waals surface area contributed by atoms with Gasteiger partial charge in [-0.05, 0) is 71.7 Å². The number of ether oxygens (including phenoxy) is 2. The first-order valence-corrected chi connectivity index (χ1v) is 12.5. The van der Waals surface area contributed by atoms with E-state index in [2.05, 4.69) is 5.32 Å². The summed E-state index contributed by atoms with van der Waals surface area (Å²) < 4.78 is 61.0. The van der Waals surface area contributed by atoms with Crippen molar-refractivity contribution < 1.29 is 46.2 Å². The van der Waals surface area contributed by atoms with Gasteiger partial charge in [-0.3, -0.25) is 19.2 Å². The molecule has 12 heteroatoms. The summed E-state index contributed by atoms with van der Waals surface area (Å²) in [7, 11) is 0.